The van der Waals surface area contributed by atoms with Gasteiger partial charge in [0.15, 0.2) is 0 Å². The number of rotatable bonds is 5. The van der Waals surface area contributed by atoms with E-state index >= 15 is 0 Å². The zero-order chi connectivity index (χ0) is 9.73. The van der Waals surface area contributed by atoms with Crippen LogP contribution in [-0.2, 0) is 10.2 Å². The van der Waals surface area contributed by atoms with Crippen LogP contribution in [0.2, 0.25) is 0 Å². The lowest BCUT2D eigenvalue weighted by Crippen LogP contribution is -2.30. The second-order valence-corrected chi connectivity index (χ2v) is 3.97. The van der Waals surface area contributed by atoms with Crippen molar-refractivity contribution in [3.63, 3.8) is 0 Å². The largest absolute Gasteiger partial charge is 0.300 e. The van der Waals surface area contributed by atoms with Gasteiger partial charge in [-0.05, 0) is 6.42 Å². The third kappa shape index (κ3) is 3.43. The first-order valence-electron chi connectivity index (χ1n) is 3.91. The Bertz CT molecular complexity index is 332. The lowest BCUT2D eigenvalue weighted by atomic mass is 10.5. The highest BCUT2D eigenvalue weighted by atomic mass is 32.2. The Morgan fingerprint density at radius 2 is 2.38 bits per heavy atom. The van der Waals surface area contributed by atoms with Crippen LogP contribution in [-0.4, -0.2) is 25.2 Å². The van der Waals surface area contributed by atoms with Crippen molar-refractivity contribution in [3.05, 3.63) is 12.3 Å². The molecule has 1 rings (SSSR count). The van der Waals surface area contributed by atoms with Gasteiger partial charge in [0.25, 0.3) is 10.2 Å². The van der Waals surface area contributed by atoms with E-state index in [0.29, 0.717) is 12.4 Å². The molecule has 1 aromatic rings. The highest BCUT2D eigenvalue weighted by molar-refractivity contribution is 7.90. The van der Waals surface area contributed by atoms with Crippen molar-refractivity contribution < 1.29 is 8.42 Å². The molecule has 0 aliphatic carbocycles. The summed E-state index contributed by atoms with van der Waals surface area (Å²) in [6.07, 6.45) is 2.22. The molecule has 0 aliphatic rings. The zero-order valence-corrected chi connectivity index (χ0v) is 8.06. The number of nitrogens with one attached hydrogen (secondary N) is 3. The number of aromatic nitrogens is 2. The molecule has 0 unspecified atom stereocenters. The van der Waals surface area contributed by atoms with Gasteiger partial charge in [0.1, 0.15) is 5.82 Å². The second-order valence-electron chi connectivity index (χ2n) is 2.47. The van der Waals surface area contributed by atoms with Crippen molar-refractivity contribution in [3.8, 4) is 0 Å². The first-order chi connectivity index (χ1) is 6.14. The number of nitrogens with zero attached hydrogens (tertiary/aromatic N) is 1. The van der Waals surface area contributed by atoms with Gasteiger partial charge in [-0.15, -0.1) is 0 Å². The molecular weight excluding hydrogens is 192 g/mol. The van der Waals surface area contributed by atoms with Gasteiger partial charge in [0.05, 0.1) is 6.20 Å². The van der Waals surface area contributed by atoms with E-state index in [1.165, 1.54) is 12.3 Å². The number of aromatic amines is 1. The standard InChI is InChI=1S/C6H12N4O2S/c1-2-4-8-13(11,12)10-6-3-5-7-9-6/h3,5,8H,2,4H2,1H3,(H2,7,9,10). The number of hydrogen-bond donors (Lipinski definition) is 3. The third-order valence-electron chi connectivity index (χ3n) is 1.29. The summed E-state index contributed by atoms with van der Waals surface area (Å²) in [6, 6.07) is 1.53. The quantitative estimate of drug-likeness (QED) is 0.634. The van der Waals surface area contributed by atoms with E-state index in [9.17, 15) is 8.42 Å². The van der Waals surface area contributed by atoms with E-state index in [2.05, 4.69) is 19.6 Å². The maximum atomic E-state index is 11.2. The third-order valence-corrected chi connectivity index (χ3v) is 2.36. The van der Waals surface area contributed by atoms with E-state index in [-0.39, 0.29) is 0 Å². The van der Waals surface area contributed by atoms with Gasteiger partial charge < -0.3 is 0 Å². The van der Waals surface area contributed by atoms with E-state index in [0.717, 1.165) is 6.42 Å². The molecule has 0 amide bonds. The minimum Gasteiger partial charge on any atom is -0.262 e. The van der Waals surface area contributed by atoms with Crippen LogP contribution in [0.15, 0.2) is 12.3 Å². The zero-order valence-electron chi connectivity index (χ0n) is 7.24. The van der Waals surface area contributed by atoms with E-state index in [1.807, 2.05) is 6.92 Å². The molecule has 0 aliphatic heterocycles. The van der Waals surface area contributed by atoms with Crippen LogP contribution in [0.3, 0.4) is 0 Å². The number of hydrogen-bond acceptors (Lipinski definition) is 3. The Balaban J connectivity index is 2.53. The van der Waals surface area contributed by atoms with Crippen molar-refractivity contribution in [1.82, 2.24) is 14.9 Å². The van der Waals surface area contributed by atoms with Crippen LogP contribution in [0, 0.1) is 0 Å². The fraction of sp³-hybridized carbons (Fsp3) is 0.500. The Kier molecular flexibility index (Phi) is 3.26. The summed E-state index contributed by atoms with van der Waals surface area (Å²) in [5, 5.41) is 6.10. The van der Waals surface area contributed by atoms with Crippen LogP contribution < -0.4 is 9.44 Å². The van der Waals surface area contributed by atoms with Crippen molar-refractivity contribution >= 4 is 16.0 Å². The minimum absolute atomic E-state index is 0.351. The fourth-order valence-corrected chi connectivity index (χ4v) is 1.68. The maximum absolute atomic E-state index is 11.2. The maximum Gasteiger partial charge on any atom is 0.300 e. The molecule has 0 aromatic carbocycles. The molecule has 0 bridgehead atoms. The first-order valence-corrected chi connectivity index (χ1v) is 5.39. The summed E-state index contributed by atoms with van der Waals surface area (Å²) >= 11 is 0. The lowest BCUT2D eigenvalue weighted by Gasteiger charge is -2.05. The lowest BCUT2D eigenvalue weighted by molar-refractivity contribution is 0.586. The Morgan fingerprint density at radius 3 is 2.92 bits per heavy atom. The summed E-state index contributed by atoms with van der Waals surface area (Å²) in [4.78, 5) is 0. The van der Waals surface area contributed by atoms with Crippen LogP contribution in [0.1, 0.15) is 13.3 Å². The molecule has 6 nitrogen and oxygen atoms in total. The minimum atomic E-state index is -3.44. The summed E-state index contributed by atoms with van der Waals surface area (Å²) in [6.45, 7) is 2.31. The van der Waals surface area contributed by atoms with E-state index < -0.39 is 10.2 Å². The van der Waals surface area contributed by atoms with Gasteiger partial charge in [0.2, 0.25) is 0 Å². The molecule has 0 fully saturated rings. The van der Waals surface area contributed by atoms with Crippen LogP contribution in [0.25, 0.3) is 0 Å². The second kappa shape index (κ2) is 4.24. The SMILES string of the molecule is CCCNS(=O)(=O)Nc1ccn[nH]1. The smallest absolute Gasteiger partial charge is 0.262 e. The van der Waals surface area contributed by atoms with Gasteiger partial charge in [0, 0.05) is 12.6 Å². The first kappa shape index (κ1) is 10.0. The average Bonchev–Trinajstić information content (AvgIpc) is 2.52. The van der Waals surface area contributed by atoms with Crippen LogP contribution in [0.5, 0.6) is 0 Å². The highest BCUT2D eigenvalue weighted by Crippen LogP contribution is 2.00. The topological polar surface area (TPSA) is 86.9 Å². The molecule has 7 heteroatoms. The van der Waals surface area contributed by atoms with Crippen molar-refractivity contribution in [2.45, 2.75) is 13.3 Å². The molecule has 3 N–H and O–H groups in total. The number of anilines is 1. The Hall–Kier alpha value is -1.08. The highest BCUT2D eigenvalue weighted by Gasteiger charge is 2.08. The van der Waals surface area contributed by atoms with E-state index in [4.69, 9.17) is 0 Å². The molecule has 0 radical (unpaired) electrons. The van der Waals surface area contributed by atoms with Crippen LogP contribution >= 0.6 is 0 Å². The van der Waals surface area contributed by atoms with Crippen molar-refractivity contribution in [1.29, 1.82) is 0 Å². The Labute approximate surface area is 76.9 Å². The normalized spacial score (nSPS) is 11.5. The van der Waals surface area contributed by atoms with Crippen LogP contribution in [0.4, 0.5) is 5.82 Å². The number of H-pyrrole nitrogens is 1. The van der Waals surface area contributed by atoms with Gasteiger partial charge in [-0.3, -0.25) is 9.82 Å². The summed E-state index contributed by atoms with van der Waals surface area (Å²) in [7, 11) is -3.44. The molecule has 74 valence electrons. The molecule has 0 saturated carbocycles. The molecule has 1 heterocycles. The molecule has 0 saturated heterocycles. The Morgan fingerprint density at radius 1 is 1.62 bits per heavy atom. The molecule has 13 heavy (non-hydrogen) atoms. The predicted octanol–water partition coefficient (Wildman–Crippen LogP) is 0.0660. The van der Waals surface area contributed by atoms with Gasteiger partial charge in [-0.1, -0.05) is 6.92 Å². The average molecular weight is 204 g/mol. The van der Waals surface area contributed by atoms with E-state index in [1.54, 1.807) is 0 Å². The monoisotopic (exact) mass is 204 g/mol. The van der Waals surface area contributed by atoms with Crippen molar-refractivity contribution in [2.75, 3.05) is 11.3 Å². The summed E-state index contributed by atoms with van der Waals surface area (Å²) in [5.74, 6) is 0.351. The molecule has 0 atom stereocenters. The van der Waals surface area contributed by atoms with Gasteiger partial charge in [-0.25, -0.2) is 0 Å². The molecule has 1 aromatic heterocycles. The van der Waals surface area contributed by atoms with Crippen molar-refractivity contribution in [2.24, 2.45) is 0 Å². The molecular formula is C6H12N4O2S. The van der Waals surface area contributed by atoms with Gasteiger partial charge >= 0.3 is 0 Å². The summed E-state index contributed by atoms with van der Waals surface area (Å²) < 4.78 is 27.0. The summed E-state index contributed by atoms with van der Waals surface area (Å²) in [5.41, 5.74) is 0. The predicted molar refractivity (Wildman–Crippen MR) is 49.4 cm³/mol. The fourth-order valence-electron chi connectivity index (χ4n) is 0.730. The van der Waals surface area contributed by atoms with Gasteiger partial charge in [-0.2, -0.15) is 18.2 Å². The molecule has 0 spiro atoms.